The summed E-state index contributed by atoms with van der Waals surface area (Å²) in [6.07, 6.45) is 0.811. The second-order valence-corrected chi connectivity index (χ2v) is 7.98. The predicted molar refractivity (Wildman–Crippen MR) is 123 cm³/mol. The van der Waals surface area contributed by atoms with Gasteiger partial charge < -0.3 is 31.6 Å². The van der Waals surface area contributed by atoms with Crippen molar-refractivity contribution in [3.8, 4) is 0 Å². The Morgan fingerprint density at radius 1 is 0.939 bits per heavy atom. The summed E-state index contributed by atoms with van der Waals surface area (Å²) in [5.74, 6) is -2.56. The number of carboxylic acids is 1. The lowest BCUT2D eigenvalue weighted by Crippen LogP contribution is -2.57. The topological polar surface area (TPSA) is 158 Å². The number of rotatable bonds is 10. The molecule has 33 heavy (non-hydrogen) atoms. The molecule has 0 radical (unpaired) electrons. The molecule has 0 bridgehead atoms. The molecule has 4 atom stereocenters. The minimum absolute atomic E-state index is 0.0862. The summed E-state index contributed by atoms with van der Waals surface area (Å²) in [5, 5.41) is 25.3. The zero-order chi connectivity index (χ0) is 24.0. The van der Waals surface area contributed by atoms with E-state index in [1.54, 1.807) is 30.5 Å². The van der Waals surface area contributed by atoms with Gasteiger partial charge in [0, 0.05) is 29.9 Å². The smallest absolute Gasteiger partial charge is 0.326 e. The van der Waals surface area contributed by atoms with Gasteiger partial charge in [-0.15, -0.1) is 0 Å². The van der Waals surface area contributed by atoms with Crippen LogP contribution in [0.2, 0.25) is 0 Å². The van der Waals surface area contributed by atoms with Crippen LogP contribution in [0.5, 0.6) is 0 Å². The zero-order valence-electron chi connectivity index (χ0n) is 18.2. The fourth-order valence-corrected chi connectivity index (χ4v) is 3.54. The van der Waals surface area contributed by atoms with E-state index in [1.807, 2.05) is 30.3 Å². The first-order valence-corrected chi connectivity index (χ1v) is 10.6. The Morgan fingerprint density at radius 2 is 1.58 bits per heavy atom. The van der Waals surface area contributed by atoms with Crippen LogP contribution in [-0.4, -0.2) is 57.2 Å². The maximum Gasteiger partial charge on any atom is 0.326 e. The van der Waals surface area contributed by atoms with Gasteiger partial charge in [0.25, 0.3) is 0 Å². The number of aromatic amines is 1. The van der Waals surface area contributed by atoms with Gasteiger partial charge in [-0.05, 0) is 24.1 Å². The number of nitrogens with one attached hydrogen (secondary N) is 3. The summed E-state index contributed by atoms with van der Waals surface area (Å²) in [7, 11) is 0. The molecule has 9 nitrogen and oxygen atoms in total. The van der Waals surface area contributed by atoms with Crippen LogP contribution in [0.15, 0.2) is 60.8 Å². The Kier molecular flexibility index (Phi) is 7.81. The lowest BCUT2D eigenvalue weighted by atomic mass is 10.0. The monoisotopic (exact) mass is 452 g/mol. The number of carbonyl (C=O) groups is 3. The second kappa shape index (κ2) is 10.8. The van der Waals surface area contributed by atoms with Gasteiger partial charge in [-0.2, -0.15) is 0 Å². The largest absolute Gasteiger partial charge is 0.480 e. The number of aliphatic carboxylic acids is 1. The Bertz CT molecular complexity index is 1110. The van der Waals surface area contributed by atoms with Crippen LogP contribution in [0.1, 0.15) is 18.1 Å². The molecule has 0 aliphatic heterocycles. The summed E-state index contributed by atoms with van der Waals surface area (Å²) in [5.41, 5.74) is 8.12. The Hall–Kier alpha value is -3.69. The van der Waals surface area contributed by atoms with Crippen molar-refractivity contribution in [1.29, 1.82) is 0 Å². The van der Waals surface area contributed by atoms with Gasteiger partial charge in [-0.1, -0.05) is 48.5 Å². The molecule has 1 aromatic heterocycles. The zero-order valence-corrected chi connectivity index (χ0v) is 18.2. The van der Waals surface area contributed by atoms with E-state index in [0.717, 1.165) is 22.0 Å². The number of aliphatic hydroxyl groups is 1. The number of aromatic nitrogens is 1. The molecule has 2 amide bonds. The number of fused-ring (bicyclic) bond motifs is 1. The third kappa shape index (κ3) is 6.18. The lowest BCUT2D eigenvalue weighted by molar-refractivity contribution is -0.142. The van der Waals surface area contributed by atoms with E-state index in [9.17, 15) is 24.6 Å². The summed E-state index contributed by atoms with van der Waals surface area (Å²) in [6, 6.07) is 12.9. The molecule has 174 valence electrons. The highest BCUT2D eigenvalue weighted by Gasteiger charge is 2.30. The van der Waals surface area contributed by atoms with Crippen molar-refractivity contribution < 1.29 is 24.6 Å². The molecule has 3 aromatic rings. The van der Waals surface area contributed by atoms with Crippen molar-refractivity contribution in [1.82, 2.24) is 15.6 Å². The highest BCUT2D eigenvalue weighted by molar-refractivity contribution is 5.93. The number of hydrogen-bond acceptors (Lipinski definition) is 5. The van der Waals surface area contributed by atoms with Crippen LogP contribution in [0.4, 0.5) is 0 Å². The molecular formula is C24H28N4O5. The first kappa shape index (κ1) is 24.0. The third-order valence-electron chi connectivity index (χ3n) is 5.45. The Morgan fingerprint density at radius 3 is 2.24 bits per heavy atom. The maximum atomic E-state index is 13.1. The Balaban J connectivity index is 1.82. The standard InChI is InChI=1S/C24H28N4O5/c1-14(29)21(25)23(31)27-19(12-16-13-26-18-10-6-5-9-17(16)18)22(30)28-20(24(32)33)11-15-7-3-2-4-8-15/h2-10,13-14,19-21,26,29H,11-12,25H2,1H3,(H,27,31)(H,28,30)(H,32,33)/t14-,19+,20+,21+/m1/s1. The fourth-order valence-electron chi connectivity index (χ4n) is 3.54. The number of carboxylic acid groups (broad SMARTS) is 1. The van der Waals surface area contributed by atoms with Gasteiger partial charge in [0.05, 0.1) is 6.10 Å². The van der Waals surface area contributed by atoms with E-state index in [4.69, 9.17) is 5.73 Å². The summed E-state index contributed by atoms with van der Waals surface area (Å²) in [4.78, 5) is 40.6. The number of aliphatic hydroxyl groups excluding tert-OH is 1. The number of carbonyl (C=O) groups excluding carboxylic acids is 2. The number of hydrogen-bond donors (Lipinski definition) is 6. The Labute approximate surface area is 191 Å². The van der Waals surface area contributed by atoms with E-state index in [0.29, 0.717) is 0 Å². The maximum absolute atomic E-state index is 13.1. The predicted octanol–water partition coefficient (Wildman–Crippen LogP) is 0.715. The van der Waals surface area contributed by atoms with Gasteiger partial charge in [0.1, 0.15) is 18.1 Å². The van der Waals surface area contributed by atoms with Gasteiger partial charge in [-0.25, -0.2) is 4.79 Å². The van der Waals surface area contributed by atoms with E-state index in [-0.39, 0.29) is 12.8 Å². The van der Waals surface area contributed by atoms with Gasteiger partial charge in [0.2, 0.25) is 11.8 Å². The van der Waals surface area contributed by atoms with Crippen LogP contribution in [0, 0.1) is 0 Å². The molecule has 0 saturated heterocycles. The first-order chi connectivity index (χ1) is 15.8. The molecule has 2 aromatic carbocycles. The molecule has 7 N–H and O–H groups in total. The van der Waals surface area contributed by atoms with E-state index < -0.39 is 42.0 Å². The minimum atomic E-state index is -1.23. The van der Waals surface area contributed by atoms with Crippen LogP contribution in [-0.2, 0) is 27.2 Å². The van der Waals surface area contributed by atoms with Crippen molar-refractivity contribution in [2.45, 2.75) is 44.0 Å². The average molecular weight is 453 g/mol. The first-order valence-electron chi connectivity index (χ1n) is 10.6. The molecular weight excluding hydrogens is 424 g/mol. The molecule has 3 rings (SSSR count). The van der Waals surface area contributed by atoms with Crippen molar-refractivity contribution >= 4 is 28.7 Å². The van der Waals surface area contributed by atoms with Crippen molar-refractivity contribution in [3.05, 3.63) is 71.9 Å². The highest BCUT2D eigenvalue weighted by Crippen LogP contribution is 2.19. The number of para-hydroxylation sites is 1. The summed E-state index contributed by atoms with van der Waals surface area (Å²) < 4.78 is 0. The summed E-state index contributed by atoms with van der Waals surface area (Å²) >= 11 is 0. The van der Waals surface area contributed by atoms with E-state index in [2.05, 4.69) is 15.6 Å². The minimum Gasteiger partial charge on any atom is -0.480 e. The average Bonchev–Trinajstić information content (AvgIpc) is 3.21. The van der Waals surface area contributed by atoms with E-state index >= 15 is 0 Å². The molecule has 9 heteroatoms. The fraction of sp³-hybridized carbons (Fsp3) is 0.292. The highest BCUT2D eigenvalue weighted by atomic mass is 16.4. The molecule has 0 aliphatic carbocycles. The van der Waals surface area contributed by atoms with Gasteiger partial charge in [-0.3, -0.25) is 9.59 Å². The molecule has 0 spiro atoms. The number of H-pyrrole nitrogens is 1. The van der Waals surface area contributed by atoms with Crippen molar-refractivity contribution in [2.24, 2.45) is 5.73 Å². The second-order valence-electron chi connectivity index (χ2n) is 7.98. The molecule has 0 unspecified atom stereocenters. The van der Waals surface area contributed by atoms with E-state index in [1.165, 1.54) is 6.92 Å². The number of amides is 2. The summed E-state index contributed by atoms with van der Waals surface area (Å²) in [6.45, 7) is 1.37. The van der Waals surface area contributed by atoms with Crippen LogP contribution < -0.4 is 16.4 Å². The quantitative estimate of drug-likeness (QED) is 0.266. The number of nitrogens with two attached hydrogens (primary N) is 1. The van der Waals surface area contributed by atoms with Crippen LogP contribution >= 0.6 is 0 Å². The van der Waals surface area contributed by atoms with Crippen molar-refractivity contribution in [3.63, 3.8) is 0 Å². The van der Waals surface area contributed by atoms with Crippen molar-refractivity contribution in [2.75, 3.05) is 0 Å². The van der Waals surface area contributed by atoms with Crippen LogP contribution in [0.25, 0.3) is 10.9 Å². The third-order valence-corrected chi connectivity index (χ3v) is 5.45. The number of benzene rings is 2. The normalized spacial score (nSPS) is 14.8. The SMILES string of the molecule is C[C@@H](O)[C@H](N)C(=O)N[C@@H](Cc1c[nH]c2ccccc12)C(=O)N[C@@H](Cc1ccccc1)C(=O)O. The molecule has 0 aliphatic rings. The van der Waals surface area contributed by atoms with Gasteiger partial charge in [0.15, 0.2) is 0 Å². The molecule has 1 heterocycles. The lowest BCUT2D eigenvalue weighted by Gasteiger charge is -2.23. The van der Waals surface area contributed by atoms with Crippen LogP contribution in [0.3, 0.4) is 0 Å². The van der Waals surface area contributed by atoms with Gasteiger partial charge >= 0.3 is 5.97 Å². The molecule has 0 fully saturated rings. The molecule has 0 saturated carbocycles.